The summed E-state index contributed by atoms with van der Waals surface area (Å²) in [6.07, 6.45) is 2.35. The van der Waals surface area contributed by atoms with E-state index in [1.807, 2.05) is 0 Å². The molecule has 6 heteroatoms. The Morgan fingerprint density at radius 3 is 2.94 bits per heavy atom. The number of nitrogens with zero attached hydrogens (tertiary/aromatic N) is 2. The lowest BCUT2D eigenvalue weighted by Gasteiger charge is -2.32. The van der Waals surface area contributed by atoms with E-state index in [2.05, 4.69) is 28.3 Å². The molecule has 1 fully saturated rings. The van der Waals surface area contributed by atoms with Gasteiger partial charge >= 0.3 is 0 Å². The predicted molar refractivity (Wildman–Crippen MR) is 74.5 cm³/mol. The second kappa shape index (κ2) is 4.64. The number of halogens is 1. The molecular formula is C12H14ClN3OS. The molecule has 4 nitrogen and oxygen atoms in total. The number of hydrogen-bond acceptors (Lipinski definition) is 5. The highest BCUT2D eigenvalue weighted by Crippen LogP contribution is 2.32. The molecule has 1 aliphatic rings. The Morgan fingerprint density at radius 1 is 1.50 bits per heavy atom. The summed E-state index contributed by atoms with van der Waals surface area (Å²) in [4.78, 5) is 10.7. The summed E-state index contributed by atoms with van der Waals surface area (Å²) in [6.45, 7) is 2.12. The first-order chi connectivity index (χ1) is 8.65. The molecule has 0 radical (unpaired) electrons. The van der Waals surface area contributed by atoms with Crippen molar-refractivity contribution in [2.75, 3.05) is 5.32 Å². The van der Waals surface area contributed by atoms with E-state index < -0.39 is 0 Å². The van der Waals surface area contributed by atoms with Gasteiger partial charge in [0, 0.05) is 10.9 Å². The van der Waals surface area contributed by atoms with E-state index in [0.29, 0.717) is 6.04 Å². The Bertz CT molecular complexity index is 580. The first-order valence-electron chi connectivity index (χ1n) is 6.06. The maximum Gasteiger partial charge on any atom is 0.225 e. The Hall–Kier alpha value is -0.910. The maximum absolute atomic E-state index is 9.31. The zero-order chi connectivity index (χ0) is 12.7. The van der Waals surface area contributed by atoms with E-state index in [4.69, 9.17) is 11.6 Å². The molecule has 3 rings (SSSR count). The van der Waals surface area contributed by atoms with E-state index in [-0.39, 0.29) is 11.4 Å². The zero-order valence-corrected chi connectivity index (χ0v) is 11.6. The molecule has 0 aliphatic heterocycles. The topological polar surface area (TPSA) is 58.0 Å². The van der Waals surface area contributed by atoms with E-state index >= 15 is 0 Å². The van der Waals surface area contributed by atoms with Gasteiger partial charge in [-0.25, -0.2) is 9.97 Å². The fourth-order valence-corrected chi connectivity index (χ4v) is 3.31. The molecule has 18 heavy (non-hydrogen) atoms. The number of aryl methyl sites for hydroxylation is 1. The van der Waals surface area contributed by atoms with Crippen LogP contribution >= 0.6 is 22.9 Å². The fraction of sp³-hybridized carbons (Fsp3) is 0.500. The summed E-state index contributed by atoms with van der Waals surface area (Å²) in [5.74, 6) is 0.790. The third-order valence-corrected chi connectivity index (χ3v) is 4.56. The molecule has 2 aromatic heterocycles. The number of thiophene rings is 1. The number of fused-ring (bicyclic) bond motifs is 1. The smallest absolute Gasteiger partial charge is 0.225 e. The Morgan fingerprint density at radius 2 is 2.28 bits per heavy atom. The molecule has 0 bridgehead atoms. The zero-order valence-electron chi connectivity index (χ0n) is 9.98. The van der Waals surface area contributed by atoms with Gasteiger partial charge in [-0.05, 0) is 36.9 Å². The van der Waals surface area contributed by atoms with Crippen molar-refractivity contribution in [1.82, 2.24) is 9.97 Å². The molecule has 2 heterocycles. The molecule has 0 aromatic carbocycles. The number of hydrogen-bond donors (Lipinski definition) is 2. The number of rotatable bonds is 3. The third-order valence-electron chi connectivity index (χ3n) is 3.22. The molecule has 0 spiro atoms. The van der Waals surface area contributed by atoms with Crippen molar-refractivity contribution in [3.8, 4) is 0 Å². The Labute approximate surface area is 114 Å². The summed E-state index contributed by atoms with van der Waals surface area (Å²) in [6, 6.07) is 2.41. The van der Waals surface area contributed by atoms with Crippen LogP contribution in [0.3, 0.4) is 0 Å². The van der Waals surface area contributed by atoms with Crippen LogP contribution in [-0.4, -0.2) is 27.2 Å². The molecule has 1 aliphatic carbocycles. The SMILES string of the molecule is CCc1cc2c(NC3CC(O)C3)nc(Cl)nc2s1. The van der Waals surface area contributed by atoms with Crippen molar-refractivity contribution >= 4 is 39.0 Å². The number of anilines is 1. The van der Waals surface area contributed by atoms with Gasteiger partial charge in [-0.2, -0.15) is 0 Å². The van der Waals surface area contributed by atoms with Crippen LogP contribution in [0.15, 0.2) is 6.07 Å². The summed E-state index contributed by atoms with van der Waals surface area (Å²) in [7, 11) is 0. The Balaban J connectivity index is 1.96. The van der Waals surface area contributed by atoms with Gasteiger partial charge in [0.15, 0.2) is 0 Å². The van der Waals surface area contributed by atoms with E-state index in [9.17, 15) is 5.11 Å². The van der Waals surface area contributed by atoms with Crippen molar-refractivity contribution in [3.63, 3.8) is 0 Å². The largest absolute Gasteiger partial charge is 0.393 e. The molecule has 1 saturated carbocycles. The normalized spacial score (nSPS) is 23.1. The summed E-state index contributed by atoms with van der Waals surface area (Å²) < 4.78 is 0. The fourth-order valence-electron chi connectivity index (χ4n) is 2.13. The molecule has 96 valence electrons. The molecule has 0 unspecified atom stereocenters. The van der Waals surface area contributed by atoms with Gasteiger partial charge in [0.2, 0.25) is 5.28 Å². The average Bonchev–Trinajstić information content (AvgIpc) is 2.69. The van der Waals surface area contributed by atoms with Gasteiger partial charge in [-0.3, -0.25) is 0 Å². The van der Waals surface area contributed by atoms with Gasteiger partial charge < -0.3 is 10.4 Å². The lowest BCUT2D eigenvalue weighted by molar-refractivity contribution is 0.0836. The summed E-state index contributed by atoms with van der Waals surface area (Å²) in [5, 5.41) is 14.0. The van der Waals surface area contributed by atoms with Crippen molar-refractivity contribution in [2.45, 2.75) is 38.3 Å². The first-order valence-corrected chi connectivity index (χ1v) is 7.25. The van der Waals surface area contributed by atoms with Crippen LogP contribution in [0, 0.1) is 0 Å². The van der Waals surface area contributed by atoms with Crippen LogP contribution in [0.25, 0.3) is 10.2 Å². The standard InChI is InChI=1S/C12H14ClN3OS/c1-2-8-5-9-10(14-6-3-7(17)4-6)15-12(13)16-11(9)18-8/h5-7,17H,2-4H2,1H3,(H,14,15,16). The van der Waals surface area contributed by atoms with Crippen LogP contribution in [0.5, 0.6) is 0 Å². The van der Waals surface area contributed by atoms with Crippen molar-refractivity contribution in [3.05, 3.63) is 16.2 Å². The molecule has 2 N–H and O–H groups in total. The van der Waals surface area contributed by atoms with Crippen LogP contribution in [0.4, 0.5) is 5.82 Å². The highest BCUT2D eigenvalue weighted by Gasteiger charge is 2.28. The van der Waals surface area contributed by atoms with Crippen molar-refractivity contribution < 1.29 is 5.11 Å². The molecule has 0 amide bonds. The van der Waals surface area contributed by atoms with Gasteiger partial charge in [0.1, 0.15) is 10.6 Å². The van der Waals surface area contributed by atoms with Gasteiger partial charge in [0.25, 0.3) is 0 Å². The summed E-state index contributed by atoms with van der Waals surface area (Å²) in [5.41, 5.74) is 0. The van der Waals surface area contributed by atoms with Crippen LogP contribution in [0.1, 0.15) is 24.6 Å². The van der Waals surface area contributed by atoms with Crippen molar-refractivity contribution in [1.29, 1.82) is 0 Å². The molecule has 0 atom stereocenters. The van der Waals surface area contributed by atoms with Crippen LogP contribution < -0.4 is 5.32 Å². The van der Waals surface area contributed by atoms with Crippen LogP contribution in [-0.2, 0) is 6.42 Å². The van der Waals surface area contributed by atoms with E-state index in [1.54, 1.807) is 11.3 Å². The second-order valence-corrected chi connectivity index (χ2v) is 6.05. The lowest BCUT2D eigenvalue weighted by atomic mass is 9.89. The first kappa shape index (κ1) is 12.1. The molecule has 2 aromatic rings. The number of aliphatic hydroxyl groups excluding tert-OH is 1. The highest BCUT2D eigenvalue weighted by atomic mass is 35.5. The van der Waals surface area contributed by atoms with E-state index in [0.717, 1.165) is 35.3 Å². The average molecular weight is 284 g/mol. The molecule has 0 saturated heterocycles. The third kappa shape index (κ3) is 2.18. The number of aromatic nitrogens is 2. The number of nitrogens with one attached hydrogen (secondary N) is 1. The van der Waals surface area contributed by atoms with Crippen molar-refractivity contribution in [2.24, 2.45) is 0 Å². The number of aliphatic hydroxyl groups is 1. The monoisotopic (exact) mass is 283 g/mol. The predicted octanol–water partition coefficient (Wildman–Crippen LogP) is 2.84. The minimum atomic E-state index is -0.177. The highest BCUT2D eigenvalue weighted by molar-refractivity contribution is 7.18. The minimum Gasteiger partial charge on any atom is -0.393 e. The van der Waals surface area contributed by atoms with Gasteiger partial charge in [0.05, 0.1) is 11.5 Å². The summed E-state index contributed by atoms with van der Waals surface area (Å²) >= 11 is 7.60. The van der Waals surface area contributed by atoms with E-state index in [1.165, 1.54) is 4.88 Å². The van der Waals surface area contributed by atoms with Gasteiger partial charge in [-0.15, -0.1) is 11.3 Å². The van der Waals surface area contributed by atoms with Gasteiger partial charge in [-0.1, -0.05) is 6.92 Å². The van der Waals surface area contributed by atoms with Crippen LogP contribution in [0.2, 0.25) is 5.28 Å². The maximum atomic E-state index is 9.31. The molecular weight excluding hydrogens is 270 g/mol. The minimum absolute atomic E-state index is 0.177. The second-order valence-electron chi connectivity index (χ2n) is 4.59. The quantitative estimate of drug-likeness (QED) is 0.851. The lowest BCUT2D eigenvalue weighted by Crippen LogP contribution is -2.39. The Kier molecular flexibility index (Phi) is 3.13.